The minimum atomic E-state index is -3.28. The standard InChI is InChI=1S/C14H23N3O6Si/c1-5-8-15-12(18)16(9-6-2)14(20)17(13(15)19)10-7-11-24(21,22-3)23-4/h5-6,21H,1-2,7-11H2,3-4H3. The first-order valence-corrected chi connectivity index (χ1v) is 9.31. The molecule has 24 heavy (non-hydrogen) atoms. The fourth-order valence-electron chi connectivity index (χ4n) is 2.19. The Balaban J connectivity index is 3.25. The maximum atomic E-state index is 12.4. The second-order valence-electron chi connectivity index (χ2n) is 5.02. The summed E-state index contributed by atoms with van der Waals surface area (Å²) in [6.07, 6.45) is 3.08. The smallest absolute Gasteiger partial charge is 0.390 e. The van der Waals surface area contributed by atoms with E-state index in [1.807, 2.05) is 0 Å². The number of hydrogen-bond donors (Lipinski definition) is 1. The molecule has 0 atom stereocenters. The topological polar surface area (TPSA) is 105 Å². The molecule has 1 heterocycles. The van der Waals surface area contributed by atoms with Gasteiger partial charge in [-0.1, -0.05) is 12.2 Å². The van der Waals surface area contributed by atoms with Crippen LogP contribution in [0.4, 0.5) is 0 Å². The predicted octanol–water partition coefficient (Wildman–Crippen LogP) is -0.842. The van der Waals surface area contributed by atoms with Crippen LogP contribution in [-0.2, 0) is 28.5 Å². The van der Waals surface area contributed by atoms with Gasteiger partial charge < -0.3 is 13.6 Å². The van der Waals surface area contributed by atoms with Crippen molar-refractivity contribution in [2.24, 2.45) is 0 Å². The highest BCUT2D eigenvalue weighted by Gasteiger charge is 2.33. The molecule has 0 spiro atoms. The first kappa shape index (κ1) is 20.0. The van der Waals surface area contributed by atoms with Crippen LogP contribution in [-0.4, -0.2) is 41.5 Å². The van der Waals surface area contributed by atoms with Crippen LogP contribution in [0, 0.1) is 0 Å². The van der Waals surface area contributed by atoms with E-state index >= 15 is 0 Å². The highest BCUT2D eigenvalue weighted by molar-refractivity contribution is 6.59. The zero-order valence-electron chi connectivity index (χ0n) is 13.9. The second kappa shape index (κ2) is 8.73. The van der Waals surface area contributed by atoms with Gasteiger partial charge in [0.05, 0.1) is 13.1 Å². The fraction of sp³-hybridized carbons (Fsp3) is 0.500. The van der Waals surface area contributed by atoms with E-state index in [0.717, 1.165) is 13.7 Å². The molecule has 0 amide bonds. The number of hydrogen-bond acceptors (Lipinski definition) is 6. The van der Waals surface area contributed by atoms with Crippen LogP contribution in [0.3, 0.4) is 0 Å². The zero-order valence-corrected chi connectivity index (χ0v) is 14.9. The minimum absolute atomic E-state index is 0.0100. The molecular weight excluding hydrogens is 334 g/mol. The van der Waals surface area contributed by atoms with Gasteiger partial charge in [0.1, 0.15) is 0 Å². The molecule has 10 heteroatoms. The molecule has 0 bridgehead atoms. The summed E-state index contributed by atoms with van der Waals surface area (Å²) in [5, 5.41) is 0. The highest BCUT2D eigenvalue weighted by Crippen LogP contribution is 2.10. The van der Waals surface area contributed by atoms with Crippen molar-refractivity contribution in [3.05, 3.63) is 56.8 Å². The summed E-state index contributed by atoms with van der Waals surface area (Å²) in [6, 6.07) is 0.175. The maximum Gasteiger partial charge on any atom is 0.497 e. The Bertz CT molecular complexity index is 711. The van der Waals surface area contributed by atoms with Crippen molar-refractivity contribution in [2.45, 2.75) is 32.1 Å². The molecule has 0 saturated heterocycles. The van der Waals surface area contributed by atoms with Gasteiger partial charge in [-0.05, 0) is 6.42 Å². The third kappa shape index (κ3) is 4.29. The molecule has 0 aliphatic heterocycles. The van der Waals surface area contributed by atoms with Gasteiger partial charge in [0.25, 0.3) is 0 Å². The monoisotopic (exact) mass is 357 g/mol. The van der Waals surface area contributed by atoms with Crippen molar-refractivity contribution < 1.29 is 13.6 Å². The Morgan fingerprint density at radius 2 is 1.38 bits per heavy atom. The number of rotatable bonds is 10. The molecule has 0 aliphatic carbocycles. The average Bonchev–Trinajstić information content (AvgIpc) is 2.58. The summed E-state index contributed by atoms with van der Waals surface area (Å²) in [7, 11) is -0.606. The minimum Gasteiger partial charge on any atom is -0.390 e. The van der Waals surface area contributed by atoms with Gasteiger partial charge in [0, 0.05) is 26.8 Å². The Morgan fingerprint density at radius 3 is 1.75 bits per heavy atom. The normalized spacial score (nSPS) is 11.5. The number of nitrogens with zero attached hydrogens (tertiary/aromatic N) is 3. The number of aromatic nitrogens is 3. The van der Waals surface area contributed by atoms with Crippen LogP contribution >= 0.6 is 0 Å². The van der Waals surface area contributed by atoms with E-state index in [0.29, 0.717) is 0 Å². The van der Waals surface area contributed by atoms with Crippen LogP contribution < -0.4 is 17.1 Å². The van der Waals surface area contributed by atoms with Gasteiger partial charge in [-0.3, -0.25) is 0 Å². The zero-order chi connectivity index (χ0) is 18.3. The molecule has 0 saturated carbocycles. The molecule has 0 unspecified atom stereocenters. The van der Waals surface area contributed by atoms with Crippen molar-refractivity contribution in [3.63, 3.8) is 0 Å². The molecule has 0 aliphatic rings. The molecule has 1 rings (SSSR count). The molecular formula is C14H23N3O6Si. The van der Waals surface area contributed by atoms with E-state index < -0.39 is 25.9 Å². The van der Waals surface area contributed by atoms with Gasteiger partial charge in [-0.25, -0.2) is 28.1 Å². The van der Waals surface area contributed by atoms with Gasteiger partial charge in [-0.15, -0.1) is 13.2 Å². The lowest BCUT2D eigenvalue weighted by molar-refractivity contribution is 0.150. The van der Waals surface area contributed by atoms with E-state index in [1.54, 1.807) is 0 Å². The summed E-state index contributed by atoms with van der Waals surface area (Å²) >= 11 is 0. The van der Waals surface area contributed by atoms with E-state index in [4.69, 9.17) is 8.85 Å². The molecule has 0 radical (unpaired) electrons. The first-order valence-electron chi connectivity index (χ1n) is 7.34. The van der Waals surface area contributed by atoms with Crippen LogP contribution in [0.1, 0.15) is 6.42 Å². The van der Waals surface area contributed by atoms with Crippen molar-refractivity contribution in [2.75, 3.05) is 14.2 Å². The van der Waals surface area contributed by atoms with Crippen LogP contribution in [0.5, 0.6) is 0 Å². The lowest BCUT2D eigenvalue weighted by Gasteiger charge is -2.19. The molecule has 1 aromatic rings. The second-order valence-corrected chi connectivity index (χ2v) is 7.76. The van der Waals surface area contributed by atoms with Crippen LogP contribution in [0.2, 0.25) is 6.04 Å². The maximum absolute atomic E-state index is 12.4. The summed E-state index contributed by atoms with van der Waals surface area (Å²) in [6.45, 7) is 7.02. The van der Waals surface area contributed by atoms with E-state index in [2.05, 4.69) is 13.2 Å². The average molecular weight is 357 g/mol. The van der Waals surface area contributed by atoms with Gasteiger partial charge >= 0.3 is 25.9 Å². The summed E-state index contributed by atoms with van der Waals surface area (Å²) in [5.41, 5.74) is -2.14. The Morgan fingerprint density at radius 1 is 0.958 bits per heavy atom. The quantitative estimate of drug-likeness (QED) is 0.432. The summed E-state index contributed by atoms with van der Waals surface area (Å²) in [4.78, 5) is 47.0. The molecule has 0 aromatic carbocycles. The SMILES string of the molecule is C=CCn1c(=O)n(CC=C)c(=O)n(CCC[Si](O)(OC)OC)c1=O. The summed E-state index contributed by atoms with van der Waals surface area (Å²) in [5.74, 6) is 0. The molecule has 0 fully saturated rings. The lowest BCUT2D eigenvalue weighted by Crippen LogP contribution is -2.54. The van der Waals surface area contributed by atoms with Crippen molar-refractivity contribution >= 4 is 8.80 Å². The van der Waals surface area contributed by atoms with Gasteiger partial charge in [0.15, 0.2) is 0 Å². The predicted molar refractivity (Wildman–Crippen MR) is 91.0 cm³/mol. The molecule has 134 valence electrons. The third-order valence-electron chi connectivity index (χ3n) is 3.52. The Kier molecular flexibility index (Phi) is 7.29. The van der Waals surface area contributed by atoms with Gasteiger partial charge in [-0.2, -0.15) is 0 Å². The highest BCUT2D eigenvalue weighted by atomic mass is 28.4. The fourth-order valence-corrected chi connectivity index (χ4v) is 3.37. The first-order chi connectivity index (χ1) is 11.3. The summed E-state index contributed by atoms with van der Waals surface area (Å²) < 4.78 is 12.7. The van der Waals surface area contributed by atoms with E-state index in [1.165, 1.54) is 26.4 Å². The van der Waals surface area contributed by atoms with Crippen molar-refractivity contribution in [1.82, 2.24) is 13.7 Å². The van der Waals surface area contributed by atoms with E-state index in [-0.39, 0.29) is 32.1 Å². The molecule has 9 nitrogen and oxygen atoms in total. The molecule has 1 aromatic heterocycles. The molecule has 1 N–H and O–H groups in total. The number of allylic oxidation sites excluding steroid dienone is 2. The Hall–Kier alpha value is -2.01. The van der Waals surface area contributed by atoms with Crippen LogP contribution in [0.25, 0.3) is 0 Å². The lowest BCUT2D eigenvalue weighted by atomic mass is 10.4. The Labute approximate surface area is 140 Å². The third-order valence-corrected chi connectivity index (χ3v) is 5.78. The largest absolute Gasteiger partial charge is 0.497 e. The van der Waals surface area contributed by atoms with Gasteiger partial charge in [0.2, 0.25) is 0 Å². The van der Waals surface area contributed by atoms with E-state index in [9.17, 15) is 19.2 Å². The van der Waals surface area contributed by atoms with Crippen LogP contribution in [0.15, 0.2) is 39.7 Å². The van der Waals surface area contributed by atoms with Crippen molar-refractivity contribution in [1.29, 1.82) is 0 Å². The van der Waals surface area contributed by atoms with Crippen molar-refractivity contribution in [3.8, 4) is 0 Å².